The van der Waals surface area contributed by atoms with Crippen molar-refractivity contribution in [3.63, 3.8) is 0 Å². The molecule has 1 aliphatic rings. The normalized spacial score (nSPS) is 15.0. The van der Waals surface area contributed by atoms with Crippen molar-refractivity contribution in [3.8, 4) is 5.75 Å². The minimum absolute atomic E-state index is 0.00278. The summed E-state index contributed by atoms with van der Waals surface area (Å²) in [5, 5.41) is 11.3. The Kier molecular flexibility index (Phi) is 4.92. The van der Waals surface area contributed by atoms with Crippen molar-refractivity contribution in [2.75, 3.05) is 13.1 Å². The lowest BCUT2D eigenvalue weighted by Crippen LogP contribution is -2.35. The van der Waals surface area contributed by atoms with E-state index >= 15 is 0 Å². The Hall–Kier alpha value is -2.96. The summed E-state index contributed by atoms with van der Waals surface area (Å²) in [7, 11) is 0. The fourth-order valence-corrected chi connectivity index (χ4v) is 2.87. The van der Waals surface area contributed by atoms with Crippen molar-refractivity contribution in [1.29, 1.82) is 0 Å². The number of rotatable bonds is 5. The Morgan fingerprint density at radius 2 is 1.88 bits per heavy atom. The zero-order valence-electron chi connectivity index (χ0n) is 13.9. The topological polar surface area (TPSA) is 85.6 Å². The number of pyridine rings is 1. The van der Waals surface area contributed by atoms with Gasteiger partial charge in [0.1, 0.15) is 5.69 Å². The zero-order valence-corrected chi connectivity index (χ0v) is 13.9. The van der Waals surface area contributed by atoms with Crippen molar-refractivity contribution in [2.24, 2.45) is 0 Å². The summed E-state index contributed by atoms with van der Waals surface area (Å²) in [5.41, 5.74) is 1.18. The van der Waals surface area contributed by atoms with Gasteiger partial charge in [-0.15, -0.1) is 0 Å². The fourth-order valence-electron chi connectivity index (χ4n) is 2.87. The highest BCUT2D eigenvalue weighted by molar-refractivity contribution is 5.83. The molecule has 1 aliphatic heterocycles. The molecule has 130 valence electrons. The van der Waals surface area contributed by atoms with Crippen molar-refractivity contribution >= 4 is 11.7 Å². The number of amides is 1. The van der Waals surface area contributed by atoms with Crippen LogP contribution in [-0.4, -0.2) is 33.8 Å². The summed E-state index contributed by atoms with van der Waals surface area (Å²) in [4.78, 5) is 29.3. The second-order valence-electron chi connectivity index (χ2n) is 5.97. The van der Waals surface area contributed by atoms with Crippen LogP contribution in [0.2, 0.25) is 0 Å². The highest BCUT2D eigenvalue weighted by Gasteiger charge is 2.31. The highest BCUT2D eigenvalue weighted by Crippen LogP contribution is 2.31. The first-order valence-corrected chi connectivity index (χ1v) is 8.18. The Morgan fingerprint density at radius 3 is 2.52 bits per heavy atom. The summed E-state index contributed by atoms with van der Waals surface area (Å²) < 4.78 is 5.83. The number of carbonyl (C=O) groups is 1. The van der Waals surface area contributed by atoms with E-state index in [2.05, 4.69) is 4.98 Å². The lowest BCUT2D eigenvalue weighted by atomic mass is 10.1. The van der Waals surface area contributed by atoms with Gasteiger partial charge < -0.3 is 19.8 Å². The molecule has 2 heterocycles. The number of ether oxygens (including phenoxy) is 1. The first kappa shape index (κ1) is 16.9. The molecular weight excluding hydrogens is 322 g/mol. The number of aryl methyl sites for hydroxylation is 1. The molecule has 7 heteroatoms. The number of carbonyl (C=O) groups excluding carboxylic acids is 1. The third kappa shape index (κ3) is 3.76. The van der Waals surface area contributed by atoms with Gasteiger partial charge in [0.15, 0.2) is 0 Å². The van der Waals surface area contributed by atoms with Gasteiger partial charge >= 0.3 is 5.82 Å². The van der Waals surface area contributed by atoms with Crippen LogP contribution in [0.5, 0.6) is 5.75 Å². The molecule has 1 atom stereocenters. The summed E-state index contributed by atoms with van der Waals surface area (Å²) in [6.45, 7) is 3.03. The Bertz CT molecular complexity index is 773. The van der Waals surface area contributed by atoms with Gasteiger partial charge in [-0.05, 0) is 34.9 Å². The Labute approximate surface area is 145 Å². The van der Waals surface area contributed by atoms with Crippen LogP contribution in [0.15, 0.2) is 42.5 Å². The maximum Gasteiger partial charge on any atom is 0.406 e. The van der Waals surface area contributed by atoms with Gasteiger partial charge in [-0.3, -0.25) is 4.79 Å². The SMILES string of the molecule is Cc1ccc(OC(C(=O)N2CCCC2)c2ccccc2)c([N+](=O)[O-])n1. The van der Waals surface area contributed by atoms with E-state index in [0.29, 0.717) is 24.3 Å². The van der Waals surface area contributed by atoms with Crippen LogP contribution in [0, 0.1) is 17.0 Å². The van der Waals surface area contributed by atoms with Gasteiger partial charge in [0.05, 0.1) is 0 Å². The second-order valence-corrected chi connectivity index (χ2v) is 5.97. The van der Waals surface area contributed by atoms with Crippen LogP contribution in [0.1, 0.15) is 30.2 Å². The lowest BCUT2D eigenvalue weighted by Gasteiger charge is -2.24. The van der Waals surface area contributed by atoms with Crippen molar-refractivity contribution < 1.29 is 14.5 Å². The van der Waals surface area contributed by atoms with Gasteiger partial charge in [-0.1, -0.05) is 30.3 Å². The predicted octanol–water partition coefficient (Wildman–Crippen LogP) is 3.04. The zero-order chi connectivity index (χ0) is 17.8. The van der Waals surface area contributed by atoms with E-state index < -0.39 is 11.0 Å². The van der Waals surface area contributed by atoms with Gasteiger partial charge in [-0.25, -0.2) is 0 Å². The molecule has 1 fully saturated rings. The molecule has 0 aliphatic carbocycles. The average Bonchev–Trinajstić information content (AvgIpc) is 3.15. The van der Waals surface area contributed by atoms with Crippen molar-refractivity contribution in [1.82, 2.24) is 9.88 Å². The molecule has 1 unspecified atom stereocenters. The lowest BCUT2D eigenvalue weighted by molar-refractivity contribution is -0.390. The first-order chi connectivity index (χ1) is 12.1. The average molecular weight is 341 g/mol. The number of benzene rings is 1. The molecule has 25 heavy (non-hydrogen) atoms. The number of nitrogens with zero attached hydrogens (tertiary/aromatic N) is 3. The largest absolute Gasteiger partial charge is 0.467 e. The summed E-state index contributed by atoms with van der Waals surface area (Å²) >= 11 is 0. The summed E-state index contributed by atoms with van der Waals surface area (Å²) in [6.07, 6.45) is 0.987. The van der Waals surface area contributed by atoms with Crippen LogP contribution >= 0.6 is 0 Å². The first-order valence-electron chi connectivity index (χ1n) is 8.18. The molecule has 1 aromatic carbocycles. The van der Waals surface area contributed by atoms with Crippen LogP contribution in [0.3, 0.4) is 0 Å². The third-order valence-corrected chi connectivity index (χ3v) is 4.14. The van der Waals surface area contributed by atoms with Gasteiger partial charge in [0.2, 0.25) is 11.9 Å². The number of hydrogen-bond acceptors (Lipinski definition) is 5. The monoisotopic (exact) mass is 341 g/mol. The van der Waals surface area contributed by atoms with Crippen LogP contribution in [0.25, 0.3) is 0 Å². The fraction of sp³-hybridized carbons (Fsp3) is 0.333. The van der Waals surface area contributed by atoms with Crippen LogP contribution in [0.4, 0.5) is 5.82 Å². The quantitative estimate of drug-likeness (QED) is 0.616. The summed E-state index contributed by atoms with van der Waals surface area (Å²) in [5.74, 6) is -0.564. The van der Waals surface area contributed by atoms with E-state index in [0.717, 1.165) is 12.8 Å². The molecule has 0 N–H and O–H groups in total. The molecule has 7 nitrogen and oxygen atoms in total. The number of aromatic nitrogens is 1. The number of nitro groups is 1. The molecule has 0 saturated carbocycles. The molecule has 3 rings (SSSR count). The maximum absolute atomic E-state index is 12.9. The van der Waals surface area contributed by atoms with E-state index in [1.54, 1.807) is 30.0 Å². The third-order valence-electron chi connectivity index (χ3n) is 4.14. The molecule has 0 radical (unpaired) electrons. The maximum atomic E-state index is 12.9. The molecule has 0 spiro atoms. The standard InChI is InChI=1S/C18H19N3O4/c1-13-9-10-15(17(19-13)21(23)24)25-16(14-7-3-2-4-8-14)18(22)20-11-5-6-12-20/h2-4,7-10,16H,5-6,11-12H2,1H3. The van der Waals surface area contributed by atoms with Gasteiger partial charge in [0, 0.05) is 25.6 Å². The van der Waals surface area contributed by atoms with Crippen molar-refractivity contribution in [2.45, 2.75) is 25.9 Å². The van der Waals surface area contributed by atoms with E-state index in [1.165, 1.54) is 6.07 Å². The highest BCUT2D eigenvalue weighted by atomic mass is 16.6. The molecule has 1 aromatic heterocycles. The minimum atomic E-state index is -0.928. The molecular formula is C18H19N3O4. The molecule has 1 amide bonds. The molecule has 2 aromatic rings. The van der Waals surface area contributed by atoms with E-state index in [-0.39, 0.29) is 17.5 Å². The number of hydrogen-bond donors (Lipinski definition) is 0. The number of likely N-dealkylation sites (tertiary alicyclic amines) is 1. The predicted molar refractivity (Wildman–Crippen MR) is 91.3 cm³/mol. The van der Waals surface area contributed by atoms with Crippen LogP contribution < -0.4 is 4.74 Å². The smallest absolute Gasteiger partial charge is 0.406 e. The second kappa shape index (κ2) is 7.29. The van der Waals surface area contributed by atoms with Gasteiger partial charge in [-0.2, -0.15) is 0 Å². The van der Waals surface area contributed by atoms with Crippen molar-refractivity contribution in [3.05, 3.63) is 63.8 Å². The minimum Gasteiger partial charge on any atom is -0.467 e. The molecule has 1 saturated heterocycles. The van der Waals surface area contributed by atoms with Gasteiger partial charge in [0.25, 0.3) is 5.91 Å². The van der Waals surface area contributed by atoms with E-state index in [9.17, 15) is 14.9 Å². The molecule has 0 bridgehead atoms. The Morgan fingerprint density at radius 1 is 1.20 bits per heavy atom. The van der Waals surface area contributed by atoms with E-state index in [1.807, 2.05) is 18.2 Å². The summed E-state index contributed by atoms with van der Waals surface area (Å²) in [6, 6.07) is 12.2. The Balaban J connectivity index is 1.95. The van der Waals surface area contributed by atoms with E-state index in [4.69, 9.17) is 4.74 Å². The van der Waals surface area contributed by atoms with Crippen LogP contribution in [-0.2, 0) is 4.79 Å².